The fraction of sp³-hybridized carbons (Fsp3) is 0.381. The van der Waals surface area contributed by atoms with E-state index in [1.54, 1.807) is 12.1 Å². The van der Waals surface area contributed by atoms with Gasteiger partial charge in [-0.05, 0) is 42.7 Å². The van der Waals surface area contributed by atoms with E-state index in [0.29, 0.717) is 40.8 Å². The van der Waals surface area contributed by atoms with Gasteiger partial charge in [0.2, 0.25) is 0 Å². The van der Waals surface area contributed by atoms with Crippen LogP contribution in [0.2, 0.25) is 5.02 Å². The van der Waals surface area contributed by atoms with Crippen LogP contribution in [0.5, 0.6) is 5.75 Å². The molecule has 0 heterocycles. The minimum Gasteiger partial charge on any atom is -0.481 e. The number of nitrogens with one attached hydrogen (secondary N) is 1. The molecule has 0 unspecified atom stereocenters. The van der Waals surface area contributed by atoms with Crippen molar-refractivity contribution in [3.8, 4) is 5.75 Å². The van der Waals surface area contributed by atoms with Crippen LogP contribution in [-0.4, -0.2) is 24.3 Å². The van der Waals surface area contributed by atoms with Crippen molar-refractivity contribution in [2.75, 3.05) is 12.3 Å². The summed E-state index contributed by atoms with van der Waals surface area (Å²) in [5.74, 6) is 1.39. The van der Waals surface area contributed by atoms with Crippen LogP contribution < -0.4 is 10.1 Å². The summed E-state index contributed by atoms with van der Waals surface area (Å²) in [6.45, 7) is 4.50. The Hall–Kier alpha value is -1.72. The molecular formula is C21H25ClFNO2S. The molecule has 6 heteroatoms. The van der Waals surface area contributed by atoms with Crippen LogP contribution in [0, 0.1) is 5.82 Å². The first-order valence-electron chi connectivity index (χ1n) is 9.09. The van der Waals surface area contributed by atoms with Gasteiger partial charge in [-0.3, -0.25) is 4.79 Å². The summed E-state index contributed by atoms with van der Waals surface area (Å²) in [6.07, 6.45) is 1.02. The van der Waals surface area contributed by atoms with E-state index in [0.717, 1.165) is 6.42 Å². The van der Waals surface area contributed by atoms with E-state index >= 15 is 0 Å². The topological polar surface area (TPSA) is 38.3 Å². The van der Waals surface area contributed by atoms with E-state index in [2.05, 4.69) is 12.2 Å². The van der Waals surface area contributed by atoms with E-state index in [-0.39, 0.29) is 11.7 Å². The lowest BCUT2D eigenvalue weighted by Gasteiger charge is -2.17. The predicted molar refractivity (Wildman–Crippen MR) is 111 cm³/mol. The van der Waals surface area contributed by atoms with E-state index in [1.165, 1.54) is 23.4 Å². The first kappa shape index (κ1) is 21.6. The average molecular weight is 410 g/mol. The van der Waals surface area contributed by atoms with E-state index in [9.17, 15) is 9.18 Å². The molecule has 1 N–H and O–H groups in total. The number of thioether (sulfide) groups is 1. The molecule has 146 valence electrons. The Morgan fingerprint density at radius 3 is 2.59 bits per heavy atom. The van der Waals surface area contributed by atoms with E-state index in [1.807, 2.05) is 31.2 Å². The van der Waals surface area contributed by atoms with Crippen molar-refractivity contribution in [1.82, 2.24) is 5.32 Å². The van der Waals surface area contributed by atoms with Crippen molar-refractivity contribution in [2.24, 2.45) is 0 Å². The number of amides is 1. The molecule has 2 aromatic carbocycles. The first-order chi connectivity index (χ1) is 13.0. The third kappa shape index (κ3) is 6.74. The second-order valence-electron chi connectivity index (χ2n) is 6.06. The lowest BCUT2D eigenvalue weighted by Crippen LogP contribution is -2.39. The second-order valence-corrected chi connectivity index (χ2v) is 7.57. The zero-order chi connectivity index (χ0) is 19.6. The number of hydrogen-bond acceptors (Lipinski definition) is 3. The third-order valence-corrected chi connectivity index (χ3v) is 5.47. The summed E-state index contributed by atoms with van der Waals surface area (Å²) >= 11 is 7.53. The van der Waals surface area contributed by atoms with Crippen molar-refractivity contribution in [1.29, 1.82) is 0 Å². The molecule has 27 heavy (non-hydrogen) atoms. The highest BCUT2D eigenvalue weighted by Crippen LogP contribution is 2.23. The second kappa shape index (κ2) is 11.2. The molecule has 1 amide bonds. The fourth-order valence-corrected chi connectivity index (χ4v) is 3.69. The zero-order valence-electron chi connectivity index (χ0n) is 15.6. The van der Waals surface area contributed by atoms with Crippen LogP contribution in [0.25, 0.3) is 0 Å². The molecule has 0 aliphatic heterocycles. The van der Waals surface area contributed by atoms with Gasteiger partial charge in [0.25, 0.3) is 5.91 Å². The molecule has 1 atom stereocenters. The number of carbonyl (C=O) groups is 1. The number of halogens is 2. The normalized spacial score (nSPS) is 11.9. The molecule has 0 aliphatic carbocycles. The molecule has 0 saturated carbocycles. The summed E-state index contributed by atoms with van der Waals surface area (Å²) in [7, 11) is 0. The number of ether oxygens (including phenoxy) is 1. The van der Waals surface area contributed by atoms with Crippen molar-refractivity contribution < 1.29 is 13.9 Å². The van der Waals surface area contributed by atoms with E-state index in [4.69, 9.17) is 16.3 Å². The Labute approximate surface area is 169 Å². The lowest BCUT2D eigenvalue weighted by atomic mass is 10.2. The molecule has 0 saturated heterocycles. The van der Waals surface area contributed by atoms with Gasteiger partial charge >= 0.3 is 0 Å². The first-order valence-corrected chi connectivity index (χ1v) is 10.6. The van der Waals surface area contributed by atoms with Crippen LogP contribution in [-0.2, 0) is 17.0 Å². The Morgan fingerprint density at radius 1 is 1.22 bits per heavy atom. The van der Waals surface area contributed by atoms with Crippen LogP contribution in [0.15, 0.2) is 42.5 Å². The highest BCUT2D eigenvalue weighted by molar-refractivity contribution is 7.98. The van der Waals surface area contributed by atoms with Gasteiger partial charge < -0.3 is 10.1 Å². The van der Waals surface area contributed by atoms with Crippen molar-refractivity contribution in [2.45, 2.75) is 38.5 Å². The molecule has 0 fully saturated rings. The SMILES string of the molecule is CCc1ccc(O[C@@H](CC)C(=O)NCCSCc2c(F)cccc2Cl)cc1. The van der Waals surface area contributed by atoms with Gasteiger partial charge in [0.15, 0.2) is 6.10 Å². The largest absolute Gasteiger partial charge is 0.481 e. The summed E-state index contributed by atoms with van der Waals surface area (Å²) in [5, 5.41) is 3.31. The van der Waals surface area contributed by atoms with Crippen molar-refractivity contribution >= 4 is 29.3 Å². The third-order valence-electron chi connectivity index (χ3n) is 4.13. The average Bonchev–Trinajstić information content (AvgIpc) is 2.68. The van der Waals surface area contributed by atoms with Crippen molar-refractivity contribution in [3.63, 3.8) is 0 Å². The lowest BCUT2D eigenvalue weighted by molar-refractivity contribution is -0.127. The number of aryl methyl sites for hydroxylation is 1. The molecule has 2 rings (SSSR count). The van der Waals surface area contributed by atoms with E-state index < -0.39 is 6.10 Å². The molecular weight excluding hydrogens is 385 g/mol. The quantitative estimate of drug-likeness (QED) is 0.545. The fourth-order valence-electron chi connectivity index (χ4n) is 2.49. The Morgan fingerprint density at radius 2 is 1.96 bits per heavy atom. The monoisotopic (exact) mass is 409 g/mol. The van der Waals surface area contributed by atoms with Gasteiger partial charge in [-0.25, -0.2) is 4.39 Å². The highest BCUT2D eigenvalue weighted by Gasteiger charge is 2.17. The van der Waals surface area contributed by atoms with Gasteiger partial charge in [0, 0.05) is 28.6 Å². The minimum atomic E-state index is -0.525. The highest BCUT2D eigenvalue weighted by atomic mass is 35.5. The van der Waals surface area contributed by atoms with Crippen molar-refractivity contribution in [3.05, 3.63) is 64.4 Å². The molecule has 3 nitrogen and oxygen atoms in total. The predicted octanol–water partition coefficient (Wildman–Crippen LogP) is 5.25. The molecule has 0 radical (unpaired) electrons. The number of rotatable bonds is 10. The molecule has 0 spiro atoms. The number of carbonyl (C=O) groups excluding carboxylic acids is 1. The summed E-state index contributed by atoms with van der Waals surface area (Å²) in [5.41, 5.74) is 1.73. The van der Waals surface area contributed by atoms with Gasteiger partial charge in [-0.1, -0.05) is 43.6 Å². The summed E-state index contributed by atoms with van der Waals surface area (Å²) < 4.78 is 19.5. The maximum atomic E-state index is 13.7. The molecule has 0 bridgehead atoms. The zero-order valence-corrected chi connectivity index (χ0v) is 17.2. The Bertz CT molecular complexity index is 719. The van der Waals surface area contributed by atoms with Gasteiger partial charge in [0.05, 0.1) is 0 Å². The number of benzene rings is 2. The van der Waals surface area contributed by atoms with Crippen LogP contribution in [0.1, 0.15) is 31.4 Å². The number of hydrogen-bond donors (Lipinski definition) is 1. The maximum Gasteiger partial charge on any atom is 0.261 e. The Balaban J connectivity index is 1.74. The summed E-state index contributed by atoms with van der Waals surface area (Å²) in [4.78, 5) is 12.3. The molecule has 0 aliphatic rings. The van der Waals surface area contributed by atoms with Gasteiger partial charge in [0.1, 0.15) is 11.6 Å². The Kier molecular flexibility index (Phi) is 8.95. The standard InChI is InChI=1S/C21H25ClFNO2S/c1-3-15-8-10-16(11-9-15)26-20(4-2)21(25)24-12-13-27-14-17-18(22)6-5-7-19(17)23/h5-11,20H,3-4,12-14H2,1-2H3,(H,24,25)/t20-/m0/s1. The maximum absolute atomic E-state index is 13.7. The molecule has 0 aromatic heterocycles. The molecule has 2 aromatic rings. The summed E-state index contributed by atoms with van der Waals surface area (Å²) in [6, 6.07) is 12.5. The minimum absolute atomic E-state index is 0.137. The van der Waals surface area contributed by atoms with Crippen LogP contribution in [0.3, 0.4) is 0 Å². The smallest absolute Gasteiger partial charge is 0.261 e. The van der Waals surface area contributed by atoms with Crippen LogP contribution >= 0.6 is 23.4 Å². The van der Waals surface area contributed by atoms with Gasteiger partial charge in [-0.2, -0.15) is 11.8 Å². The van der Waals surface area contributed by atoms with Crippen LogP contribution in [0.4, 0.5) is 4.39 Å². The van der Waals surface area contributed by atoms with Gasteiger partial charge in [-0.15, -0.1) is 0 Å².